The van der Waals surface area contributed by atoms with Crippen LogP contribution in [0.3, 0.4) is 0 Å². The fraction of sp³-hybridized carbons (Fsp3) is 0.556. The first-order valence-electron chi connectivity index (χ1n) is 8.71. The highest BCUT2D eigenvalue weighted by Crippen LogP contribution is 2.29. The van der Waals surface area contributed by atoms with E-state index < -0.39 is 0 Å². The lowest BCUT2D eigenvalue weighted by Gasteiger charge is -2.27. The molecule has 0 saturated carbocycles. The molecular weight excluding hydrogens is 326 g/mol. The van der Waals surface area contributed by atoms with Gasteiger partial charge in [-0.2, -0.15) is 0 Å². The molecule has 24 heavy (non-hydrogen) atoms. The number of amides is 2. The summed E-state index contributed by atoms with van der Waals surface area (Å²) >= 11 is 5.91. The van der Waals surface area contributed by atoms with Crippen molar-refractivity contribution in [3.8, 4) is 0 Å². The van der Waals surface area contributed by atoms with Crippen molar-refractivity contribution in [2.24, 2.45) is 5.92 Å². The molecule has 1 aromatic rings. The molecule has 5 nitrogen and oxygen atoms in total. The van der Waals surface area contributed by atoms with Crippen LogP contribution in [0.15, 0.2) is 24.3 Å². The molecule has 128 valence electrons. The number of nitrogens with zero attached hydrogens (tertiary/aromatic N) is 2. The van der Waals surface area contributed by atoms with Crippen LogP contribution in [0, 0.1) is 5.92 Å². The predicted octanol–water partition coefficient (Wildman–Crippen LogP) is 2.05. The normalized spacial score (nSPS) is 29.9. The van der Waals surface area contributed by atoms with E-state index in [4.69, 9.17) is 11.6 Å². The molecule has 0 aromatic heterocycles. The van der Waals surface area contributed by atoms with E-state index in [1.807, 2.05) is 17.0 Å². The molecule has 4 rings (SSSR count). The van der Waals surface area contributed by atoms with Gasteiger partial charge in [-0.3, -0.25) is 9.59 Å². The summed E-state index contributed by atoms with van der Waals surface area (Å²) in [6.45, 7) is 2.05. The van der Waals surface area contributed by atoms with Crippen molar-refractivity contribution in [2.45, 2.75) is 37.8 Å². The van der Waals surface area contributed by atoms with Gasteiger partial charge in [-0.05, 0) is 43.5 Å². The Morgan fingerprint density at radius 1 is 1.08 bits per heavy atom. The van der Waals surface area contributed by atoms with E-state index >= 15 is 0 Å². The minimum atomic E-state index is -0.232. The van der Waals surface area contributed by atoms with Crippen LogP contribution in [0.2, 0.25) is 5.02 Å². The second-order valence-corrected chi connectivity index (χ2v) is 7.53. The maximum atomic E-state index is 12.9. The van der Waals surface area contributed by atoms with Crippen LogP contribution in [0.25, 0.3) is 0 Å². The molecule has 2 bridgehead atoms. The summed E-state index contributed by atoms with van der Waals surface area (Å²) in [5.74, 6) is -0.0795. The Hall–Kier alpha value is -1.59. The van der Waals surface area contributed by atoms with Gasteiger partial charge in [0.25, 0.3) is 0 Å². The summed E-state index contributed by atoms with van der Waals surface area (Å²) in [7, 11) is 0. The summed E-state index contributed by atoms with van der Waals surface area (Å²) < 4.78 is 0. The van der Waals surface area contributed by atoms with Gasteiger partial charge >= 0.3 is 0 Å². The van der Waals surface area contributed by atoms with Gasteiger partial charge in [-0.1, -0.05) is 11.6 Å². The van der Waals surface area contributed by atoms with Crippen molar-refractivity contribution in [3.05, 3.63) is 29.3 Å². The monoisotopic (exact) mass is 347 g/mol. The van der Waals surface area contributed by atoms with Crippen molar-refractivity contribution in [2.75, 3.05) is 24.5 Å². The van der Waals surface area contributed by atoms with Gasteiger partial charge in [-0.15, -0.1) is 0 Å². The summed E-state index contributed by atoms with van der Waals surface area (Å²) in [6, 6.07) is 8.20. The molecule has 0 spiro atoms. The highest BCUT2D eigenvalue weighted by atomic mass is 35.5. The van der Waals surface area contributed by atoms with Gasteiger partial charge < -0.3 is 15.1 Å². The number of hydrogen-bond donors (Lipinski definition) is 1. The minimum absolute atomic E-state index is 0.0186. The number of fused-ring (bicyclic) bond motifs is 2. The van der Waals surface area contributed by atoms with Gasteiger partial charge in [0, 0.05) is 48.8 Å². The van der Waals surface area contributed by atoms with Crippen LogP contribution in [0.5, 0.6) is 0 Å². The van der Waals surface area contributed by atoms with Gasteiger partial charge in [0.05, 0.1) is 5.92 Å². The number of benzene rings is 1. The average molecular weight is 348 g/mol. The van der Waals surface area contributed by atoms with E-state index in [-0.39, 0.29) is 17.7 Å². The third-order valence-electron chi connectivity index (χ3n) is 5.45. The molecule has 3 atom stereocenters. The molecule has 1 aromatic carbocycles. The summed E-state index contributed by atoms with van der Waals surface area (Å²) in [5, 5.41) is 4.24. The number of likely N-dealkylation sites (tertiary alicyclic amines) is 1. The van der Waals surface area contributed by atoms with Gasteiger partial charge in [0.2, 0.25) is 11.8 Å². The standard InChI is InChI=1S/C18H22ClN3O2/c19-13-1-5-16(6-2-13)22-10-12(9-17(22)23)18(24)21-8-7-14-3-4-15(11-21)20-14/h1-2,5-6,12,14-15,20H,3-4,7-11H2. The Balaban J connectivity index is 1.44. The molecule has 1 N–H and O–H groups in total. The lowest BCUT2D eigenvalue weighted by molar-refractivity contribution is -0.136. The van der Waals surface area contributed by atoms with Crippen LogP contribution in [-0.2, 0) is 9.59 Å². The van der Waals surface area contributed by atoms with Gasteiger partial charge in [0.15, 0.2) is 0 Å². The fourth-order valence-corrected chi connectivity index (χ4v) is 4.27. The topological polar surface area (TPSA) is 52.7 Å². The Kier molecular flexibility index (Phi) is 4.22. The molecule has 3 unspecified atom stereocenters. The van der Waals surface area contributed by atoms with E-state index in [1.165, 1.54) is 6.42 Å². The number of halogens is 1. The predicted molar refractivity (Wildman–Crippen MR) is 93.1 cm³/mol. The summed E-state index contributed by atoms with van der Waals surface area (Å²) in [4.78, 5) is 28.9. The second-order valence-electron chi connectivity index (χ2n) is 7.09. The van der Waals surface area contributed by atoms with E-state index in [0.717, 1.165) is 31.6 Å². The van der Waals surface area contributed by atoms with Crippen LogP contribution in [0.1, 0.15) is 25.7 Å². The van der Waals surface area contributed by atoms with Crippen molar-refractivity contribution >= 4 is 29.1 Å². The van der Waals surface area contributed by atoms with Crippen LogP contribution < -0.4 is 10.2 Å². The first-order valence-corrected chi connectivity index (χ1v) is 9.09. The molecule has 0 radical (unpaired) electrons. The largest absolute Gasteiger partial charge is 0.341 e. The van der Waals surface area contributed by atoms with Gasteiger partial charge in [-0.25, -0.2) is 0 Å². The zero-order valence-electron chi connectivity index (χ0n) is 13.6. The Labute approximate surface area is 146 Å². The van der Waals surface area contributed by atoms with Crippen molar-refractivity contribution in [1.82, 2.24) is 10.2 Å². The maximum Gasteiger partial charge on any atom is 0.228 e. The van der Waals surface area contributed by atoms with Crippen molar-refractivity contribution < 1.29 is 9.59 Å². The maximum absolute atomic E-state index is 12.9. The quantitative estimate of drug-likeness (QED) is 0.890. The summed E-state index contributed by atoms with van der Waals surface area (Å²) in [6.07, 6.45) is 3.69. The lowest BCUT2D eigenvalue weighted by Crippen LogP contribution is -2.42. The first-order chi connectivity index (χ1) is 11.6. The second kappa shape index (κ2) is 6.37. The molecule has 3 aliphatic heterocycles. The molecule has 3 saturated heterocycles. The number of rotatable bonds is 2. The zero-order chi connectivity index (χ0) is 16.7. The van der Waals surface area contributed by atoms with E-state index in [1.54, 1.807) is 17.0 Å². The smallest absolute Gasteiger partial charge is 0.228 e. The van der Waals surface area contributed by atoms with Crippen LogP contribution in [-0.4, -0.2) is 48.4 Å². The molecule has 3 fully saturated rings. The highest BCUT2D eigenvalue weighted by molar-refractivity contribution is 6.30. The van der Waals surface area contributed by atoms with Crippen LogP contribution in [0.4, 0.5) is 5.69 Å². The van der Waals surface area contributed by atoms with Gasteiger partial charge in [0.1, 0.15) is 0 Å². The van der Waals surface area contributed by atoms with E-state index in [2.05, 4.69) is 5.32 Å². The SMILES string of the molecule is O=C(C1CC(=O)N(c2ccc(Cl)cc2)C1)N1CCC2CCC(C1)N2. The van der Waals surface area contributed by atoms with Crippen molar-refractivity contribution in [1.29, 1.82) is 0 Å². The average Bonchev–Trinajstić information content (AvgIpc) is 3.10. The van der Waals surface area contributed by atoms with E-state index in [9.17, 15) is 9.59 Å². The molecule has 3 heterocycles. The summed E-state index contributed by atoms with van der Waals surface area (Å²) in [5.41, 5.74) is 0.816. The number of hydrogen-bond acceptors (Lipinski definition) is 3. The Morgan fingerprint density at radius 3 is 2.62 bits per heavy atom. The molecular formula is C18H22ClN3O2. The molecule has 0 aliphatic carbocycles. The first kappa shape index (κ1) is 15.9. The fourth-order valence-electron chi connectivity index (χ4n) is 4.14. The minimum Gasteiger partial charge on any atom is -0.341 e. The lowest BCUT2D eigenvalue weighted by atomic mass is 10.0. The Bertz CT molecular complexity index is 648. The molecule has 6 heteroatoms. The Morgan fingerprint density at radius 2 is 1.83 bits per heavy atom. The number of carbonyl (C=O) groups excluding carboxylic acids is 2. The molecule has 2 amide bonds. The number of carbonyl (C=O) groups is 2. The number of anilines is 1. The van der Waals surface area contributed by atoms with Crippen molar-refractivity contribution in [3.63, 3.8) is 0 Å². The highest BCUT2D eigenvalue weighted by Gasteiger charge is 2.39. The third kappa shape index (κ3) is 3.03. The van der Waals surface area contributed by atoms with E-state index in [0.29, 0.717) is 30.1 Å². The zero-order valence-corrected chi connectivity index (χ0v) is 14.3. The number of nitrogens with one attached hydrogen (secondary N) is 1. The van der Waals surface area contributed by atoms with Crippen LogP contribution >= 0.6 is 11.6 Å². The molecule has 3 aliphatic rings. The third-order valence-corrected chi connectivity index (χ3v) is 5.70.